The third kappa shape index (κ3) is 3.62. The number of sulfonamides is 1. The molecule has 0 fully saturated rings. The van der Waals surface area contributed by atoms with Crippen molar-refractivity contribution in [3.8, 4) is 0 Å². The largest absolute Gasteiger partial charge is 0.462 e. The van der Waals surface area contributed by atoms with Crippen molar-refractivity contribution >= 4 is 10.0 Å². The lowest BCUT2D eigenvalue weighted by Crippen LogP contribution is -2.39. The molecule has 0 aliphatic heterocycles. The van der Waals surface area contributed by atoms with E-state index in [4.69, 9.17) is 9.52 Å². The Labute approximate surface area is 121 Å². The average Bonchev–Trinajstić information content (AvgIpc) is 2.80. The Morgan fingerprint density at radius 1 is 1.40 bits per heavy atom. The van der Waals surface area contributed by atoms with Crippen molar-refractivity contribution in [3.05, 3.63) is 17.6 Å². The first-order valence-corrected chi connectivity index (χ1v) is 8.54. The molecule has 1 unspecified atom stereocenters. The molecule has 6 heteroatoms. The van der Waals surface area contributed by atoms with Gasteiger partial charge < -0.3 is 9.52 Å². The first kappa shape index (κ1) is 17.2. The number of nitrogens with zero attached hydrogens (tertiary/aromatic N) is 1. The van der Waals surface area contributed by atoms with E-state index in [2.05, 4.69) is 0 Å². The van der Waals surface area contributed by atoms with E-state index in [9.17, 15) is 8.42 Å². The molecule has 0 spiro atoms. The van der Waals surface area contributed by atoms with Gasteiger partial charge in [0.1, 0.15) is 23.0 Å². The molecule has 20 heavy (non-hydrogen) atoms. The van der Waals surface area contributed by atoms with E-state index in [0.717, 1.165) is 19.3 Å². The van der Waals surface area contributed by atoms with Crippen LogP contribution in [-0.4, -0.2) is 30.4 Å². The SMILES string of the molecule is CCCCN(C(C)CC)S(=O)(=O)c1cc(CO)oc1C. The molecule has 0 aliphatic rings. The van der Waals surface area contributed by atoms with Gasteiger partial charge in [0.05, 0.1) is 0 Å². The Hall–Kier alpha value is -0.850. The third-order valence-electron chi connectivity index (χ3n) is 3.48. The fourth-order valence-corrected chi connectivity index (χ4v) is 4.01. The van der Waals surface area contributed by atoms with Crippen LogP contribution in [0.5, 0.6) is 0 Å². The van der Waals surface area contributed by atoms with Gasteiger partial charge in [-0.3, -0.25) is 0 Å². The van der Waals surface area contributed by atoms with Gasteiger partial charge >= 0.3 is 0 Å². The number of aliphatic hydroxyl groups is 1. The summed E-state index contributed by atoms with van der Waals surface area (Å²) in [6.07, 6.45) is 2.52. The number of aryl methyl sites for hydroxylation is 1. The second kappa shape index (κ2) is 7.24. The molecule has 1 rings (SSSR count). The predicted molar refractivity (Wildman–Crippen MR) is 77.9 cm³/mol. The standard InChI is InChI=1S/C14H25NO4S/c1-5-7-8-15(11(3)6-2)20(17,18)14-9-13(10-16)19-12(14)4/h9,11,16H,5-8,10H2,1-4H3. The minimum absolute atomic E-state index is 0.0570. The zero-order chi connectivity index (χ0) is 15.3. The summed E-state index contributed by atoms with van der Waals surface area (Å²) in [5.41, 5.74) is 0. The summed E-state index contributed by atoms with van der Waals surface area (Å²) < 4.78 is 32.3. The van der Waals surface area contributed by atoms with Crippen molar-refractivity contribution in [3.63, 3.8) is 0 Å². The van der Waals surface area contributed by atoms with Gasteiger partial charge in [0.2, 0.25) is 10.0 Å². The van der Waals surface area contributed by atoms with Crippen LogP contribution in [0.4, 0.5) is 0 Å². The van der Waals surface area contributed by atoms with Crippen molar-refractivity contribution < 1.29 is 17.9 Å². The summed E-state index contributed by atoms with van der Waals surface area (Å²) in [6.45, 7) is 7.74. The minimum Gasteiger partial charge on any atom is -0.462 e. The number of hydrogen-bond donors (Lipinski definition) is 1. The van der Waals surface area contributed by atoms with Crippen LogP contribution in [-0.2, 0) is 16.6 Å². The molecular formula is C14H25NO4S. The predicted octanol–water partition coefficient (Wildman–Crippen LogP) is 2.67. The summed E-state index contributed by atoms with van der Waals surface area (Å²) in [5, 5.41) is 9.07. The smallest absolute Gasteiger partial charge is 0.246 e. The highest BCUT2D eigenvalue weighted by Crippen LogP contribution is 2.26. The molecule has 0 aromatic carbocycles. The van der Waals surface area contributed by atoms with Gasteiger partial charge in [-0.25, -0.2) is 8.42 Å². The molecule has 0 amide bonds. The van der Waals surface area contributed by atoms with Crippen LogP contribution in [0, 0.1) is 6.92 Å². The van der Waals surface area contributed by atoms with Crippen LogP contribution >= 0.6 is 0 Å². The van der Waals surface area contributed by atoms with E-state index in [1.54, 1.807) is 6.92 Å². The Balaban J connectivity index is 3.17. The first-order valence-electron chi connectivity index (χ1n) is 7.10. The molecule has 0 aliphatic carbocycles. The summed E-state index contributed by atoms with van der Waals surface area (Å²) >= 11 is 0. The van der Waals surface area contributed by atoms with E-state index in [1.165, 1.54) is 10.4 Å². The van der Waals surface area contributed by atoms with Crippen molar-refractivity contribution in [2.75, 3.05) is 6.54 Å². The van der Waals surface area contributed by atoms with Crippen LogP contribution < -0.4 is 0 Å². The van der Waals surface area contributed by atoms with Gasteiger partial charge in [-0.15, -0.1) is 0 Å². The number of hydrogen-bond acceptors (Lipinski definition) is 4. The summed E-state index contributed by atoms with van der Waals surface area (Å²) in [4.78, 5) is 0.165. The lowest BCUT2D eigenvalue weighted by Gasteiger charge is -2.27. The summed E-state index contributed by atoms with van der Waals surface area (Å²) in [5.74, 6) is 0.611. The Kier molecular flexibility index (Phi) is 6.23. The third-order valence-corrected chi connectivity index (χ3v) is 5.60. The highest BCUT2D eigenvalue weighted by molar-refractivity contribution is 7.89. The molecule has 1 N–H and O–H groups in total. The topological polar surface area (TPSA) is 70.8 Å². The molecule has 1 heterocycles. The normalized spacial score (nSPS) is 13.9. The molecule has 0 radical (unpaired) electrons. The monoisotopic (exact) mass is 303 g/mol. The Morgan fingerprint density at radius 2 is 2.05 bits per heavy atom. The van der Waals surface area contributed by atoms with Crippen LogP contribution in [0.15, 0.2) is 15.4 Å². The van der Waals surface area contributed by atoms with Crippen molar-refractivity contribution in [1.82, 2.24) is 4.31 Å². The van der Waals surface area contributed by atoms with E-state index in [1.807, 2.05) is 20.8 Å². The van der Waals surface area contributed by atoms with E-state index < -0.39 is 10.0 Å². The van der Waals surface area contributed by atoms with Gasteiger partial charge in [0.15, 0.2) is 0 Å². The van der Waals surface area contributed by atoms with Gasteiger partial charge in [0, 0.05) is 18.7 Å². The molecule has 5 nitrogen and oxygen atoms in total. The maximum atomic E-state index is 12.8. The molecule has 0 saturated carbocycles. The van der Waals surface area contributed by atoms with Crippen LogP contribution in [0.3, 0.4) is 0 Å². The number of unbranched alkanes of at least 4 members (excludes halogenated alkanes) is 1. The summed E-state index contributed by atoms with van der Waals surface area (Å²) in [6, 6.07) is 1.37. The zero-order valence-electron chi connectivity index (χ0n) is 12.7. The average molecular weight is 303 g/mol. The highest BCUT2D eigenvalue weighted by Gasteiger charge is 2.31. The Morgan fingerprint density at radius 3 is 2.50 bits per heavy atom. The first-order chi connectivity index (χ1) is 9.38. The fourth-order valence-electron chi connectivity index (χ4n) is 2.08. The van der Waals surface area contributed by atoms with Gasteiger partial charge in [-0.2, -0.15) is 4.31 Å². The maximum Gasteiger partial charge on any atom is 0.246 e. The molecular weight excluding hydrogens is 278 g/mol. The molecule has 1 atom stereocenters. The van der Waals surface area contributed by atoms with Crippen molar-refractivity contribution in [2.24, 2.45) is 0 Å². The Bertz CT molecular complexity index is 521. The minimum atomic E-state index is -3.58. The molecule has 0 saturated heterocycles. The van der Waals surface area contributed by atoms with E-state index >= 15 is 0 Å². The zero-order valence-corrected chi connectivity index (χ0v) is 13.5. The highest BCUT2D eigenvalue weighted by atomic mass is 32.2. The molecule has 1 aromatic rings. The number of rotatable bonds is 8. The number of furan rings is 1. The second-order valence-corrected chi connectivity index (χ2v) is 6.88. The number of aliphatic hydroxyl groups excluding tert-OH is 1. The van der Waals surface area contributed by atoms with Crippen molar-refractivity contribution in [2.45, 2.75) is 64.5 Å². The van der Waals surface area contributed by atoms with Crippen LogP contribution in [0.1, 0.15) is 51.6 Å². The molecule has 116 valence electrons. The second-order valence-electron chi connectivity index (χ2n) is 5.02. The van der Waals surface area contributed by atoms with Gasteiger partial charge in [-0.1, -0.05) is 20.3 Å². The van der Waals surface area contributed by atoms with Gasteiger partial charge in [0.25, 0.3) is 0 Å². The van der Waals surface area contributed by atoms with Crippen LogP contribution in [0.25, 0.3) is 0 Å². The lowest BCUT2D eigenvalue weighted by molar-refractivity contribution is 0.244. The fraction of sp³-hybridized carbons (Fsp3) is 0.714. The van der Waals surface area contributed by atoms with Crippen LogP contribution in [0.2, 0.25) is 0 Å². The molecule has 0 bridgehead atoms. The van der Waals surface area contributed by atoms with Crippen molar-refractivity contribution in [1.29, 1.82) is 0 Å². The maximum absolute atomic E-state index is 12.8. The van der Waals surface area contributed by atoms with E-state index in [0.29, 0.717) is 12.3 Å². The van der Waals surface area contributed by atoms with E-state index in [-0.39, 0.29) is 23.3 Å². The van der Waals surface area contributed by atoms with Gasteiger partial charge in [-0.05, 0) is 26.7 Å². The lowest BCUT2D eigenvalue weighted by atomic mass is 10.2. The quantitative estimate of drug-likeness (QED) is 0.801. The summed E-state index contributed by atoms with van der Waals surface area (Å²) in [7, 11) is -3.58. The molecule has 1 aromatic heterocycles.